The first-order chi connectivity index (χ1) is 5.01. The molecule has 0 bridgehead atoms. The van der Waals surface area contributed by atoms with E-state index in [4.69, 9.17) is 0 Å². The van der Waals surface area contributed by atoms with Gasteiger partial charge in [0.1, 0.15) is 0 Å². The first-order valence-corrected chi connectivity index (χ1v) is 4.74. The average molecular weight is 156 g/mol. The van der Waals surface area contributed by atoms with Crippen LogP contribution in [0, 0.1) is 11.8 Å². The molecule has 66 valence electrons. The van der Waals surface area contributed by atoms with Gasteiger partial charge in [-0.3, -0.25) is 0 Å². The maximum absolute atomic E-state index is 9.79. The van der Waals surface area contributed by atoms with Crippen molar-refractivity contribution >= 4 is 0 Å². The molecule has 1 saturated carbocycles. The van der Waals surface area contributed by atoms with Crippen molar-refractivity contribution in [3.8, 4) is 0 Å². The van der Waals surface area contributed by atoms with Crippen LogP contribution in [0.15, 0.2) is 0 Å². The van der Waals surface area contributed by atoms with Gasteiger partial charge in [0.05, 0.1) is 5.60 Å². The van der Waals surface area contributed by atoms with E-state index in [0.29, 0.717) is 0 Å². The van der Waals surface area contributed by atoms with Gasteiger partial charge in [0, 0.05) is 0 Å². The summed E-state index contributed by atoms with van der Waals surface area (Å²) < 4.78 is 0. The molecular weight excluding hydrogens is 136 g/mol. The van der Waals surface area contributed by atoms with Crippen molar-refractivity contribution in [1.82, 2.24) is 0 Å². The van der Waals surface area contributed by atoms with E-state index in [1.807, 2.05) is 6.92 Å². The molecule has 0 radical (unpaired) electrons. The SMILES string of the molecule is CC(C)[C@@H]1CCC[C@@](C)(O)C1. The van der Waals surface area contributed by atoms with Gasteiger partial charge >= 0.3 is 0 Å². The Morgan fingerprint density at radius 1 is 1.45 bits per heavy atom. The molecular formula is C10H20O. The van der Waals surface area contributed by atoms with Crippen LogP contribution in [0.2, 0.25) is 0 Å². The fourth-order valence-corrected chi connectivity index (χ4v) is 2.08. The normalized spacial score (nSPS) is 39.5. The maximum Gasteiger partial charge on any atom is 0.0622 e. The second-order valence-electron chi connectivity index (χ2n) is 4.60. The Morgan fingerprint density at radius 2 is 2.09 bits per heavy atom. The highest BCUT2D eigenvalue weighted by molar-refractivity contribution is 4.83. The summed E-state index contributed by atoms with van der Waals surface area (Å²) in [5.74, 6) is 1.49. The highest BCUT2D eigenvalue weighted by atomic mass is 16.3. The van der Waals surface area contributed by atoms with Crippen molar-refractivity contribution in [2.24, 2.45) is 11.8 Å². The van der Waals surface area contributed by atoms with E-state index in [1.165, 1.54) is 12.8 Å². The Labute approximate surface area is 69.8 Å². The van der Waals surface area contributed by atoms with Gasteiger partial charge in [-0.25, -0.2) is 0 Å². The summed E-state index contributed by atoms with van der Waals surface area (Å²) in [5.41, 5.74) is -0.368. The smallest absolute Gasteiger partial charge is 0.0622 e. The van der Waals surface area contributed by atoms with Crippen LogP contribution in [0.25, 0.3) is 0 Å². The lowest BCUT2D eigenvalue weighted by Gasteiger charge is -2.35. The zero-order chi connectivity index (χ0) is 8.48. The Kier molecular flexibility index (Phi) is 2.58. The van der Waals surface area contributed by atoms with E-state index in [0.717, 1.165) is 24.7 Å². The van der Waals surface area contributed by atoms with Crippen molar-refractivity contribution in [3.63, 3.8) is 0 Å². The third kappa shape index (κ3) is 2.48. The van der Waals surface area contributed by atoms with Crippen LogP contribution in [0.4, 0.5) is 0 Å². The van der Waals surface area contributed by atoms with E-state index in [-0.39, 0.29) is 5.60 Å². The minimum Gasteiger partial charge on any atom is -0.390 e. The molecule has 1 fully saturated rings. The van der Waals surface area contributed by atoms with Gasteiger partial charge in [0.2, 0.25) is 0 Å². The second-order valence-corrected chi connectivity index (χ2v) is 4.60. The Balaban J connectivity index is 2.46. The molecule has 0 aliphatic heterocycles. The lowest BCUT2D eigenvalue weighted by molar-refractivity contribution is -0.00807. The van der Waals surface area contributed by atoms with Gasteiger partial charge in [-0.2, -0.15) is 0 Å². The molecule has 0 aromatic rings. The minimum absolute atomic E-state index is 0.368. The molecule has 0 amide bonds. The Hall–Kier alpha value is -0.0400. The van der Waals surface area contributed by atoms with Crippen LogP contribution >= 0.6 is 0 Å². The van der Waals surface area contributed by atoms with Gasteiger partial charge in [0.25, 0.3) is 0 Å². The van der Waals surface area contributed by atoms with Gasteiger partial charge < -0.3 is 5.11 Å². The molecule has 0 aromatic heterocycles. The van der Waals surface area contributed by atoms with Crippen LogP contribution in [0.5, 0.6) is 0 Å². The highest BCUT2D eigenvalue weighted by Crippen LogP contribution is 2.35. The quantitative estimate of drug-likeness (QED) is 0.618. The average Bonchev–Trinajstić information content (AvgIpc) is 1.85. The standard InChI is InChI=1S/C10H20O/c1-8(2)9-5-4-6-10(3,11)7-9/h8-9,11H,4-7H2,1-3H3/t9-,10-/m1/s1. The predicted octanol–water partition coefficient (Wildman–Crippen LogP) is 2.58. The van der Waals surface area contributed by atoms with E-state index >= 15 is 0 Å². The van der Waals surface area contributed by atoms with E-state index in [2.05, 4.69) is 13.8 Å². The van der Waals surface area contributed by atoms with E-state index < -0.39 is 0 Å². The largest absolute Gasteiger partial charge is 0.390 e. The third-order valence-electron chi connectivity index (χ3n) is 2.94. The molecule has 1 N–H and O–H groups in total. The molecule has 1 nitrogen and oxygen atoms in total. The first kappa shape index (κ1) is 9.05. The summed E-state index contributed by atoms with van der Waals surface area (Å²) in [6.45, 7) is 6.49. The van der Waals surface area contributed by atoms with Crippen molar-refractivity contribution in [3.05, 3.63) is 0 Å². The lowest BCUT2D eigenvalue weighted by atomic mass is 9.74. The van der Waals surface area contributed by atoms with Gasteiger partial charge in [0.15, 0.2) is 0 Å². The lowest BCUT2D eigenvalue weighted by Crippen LogP contribution is -2.33. The molecule has 1 rings (SSSR count). The first-order valence-electron chi connectivity index (χ1n) is 4.74. The highest BCUT2D eigenvalue weighted by Gasteiger charge is 2.30. The number of aliphatic hydroxyl groups is 1. The third-order valence-corrected chi connectivity index (χ3v) is 2.94. The zero-order valence-corrected chi connectivity index (χ0v) is 7.93. The van der Waals surface area contributed by atoms with Crippen LogP contribution < -0.4 is 0 Å². The van der Waals surface area contributed by atoms with Crippen LogP contribution in [0.3, 0.4) is 0 Å². The second kappa shape index (κ2) is 3.14. The monoisotopic (exact) mass is 156 g/mol. The molecule has 11 heavy (non-hydrogen) atoms. The predicted molar refractivity (Wildman–Crippen MR) is 47.4 cm³/mol. The molecule has 1 aliphatic carbocycles. The Morgan fingerprint density at radius 3 is 2.45 bits per heavy atom. The van der Waals surface area contributed by atoms with Crippen molar-refractivity contribution in [1.29, 1.82) is 0 Å². The van der Waals surface area contributed by atoms with Crippen molar-refractivity contribution in [2.45, 2.75) is 52.1 Å². The fourth-order valence-electron chi connectivity index (χ4n) is 2.08. The van der Waals surface area contributed by atoms with Crippen LogP contribution in [-0.2, 0) is 0 Å². The molecule has 1 aliphatic rings. The van der Waals surface area contributed by atoms with Gasteiger partial charge in [-0.15, -0.1) is 0 Å². The van der Waals surface area contributed by atoms with Gasteiger partial charge in [-0.05, 0) is 38.0 Å². The summed E-state index contributed by atoms with van der Waals surface area (Å²) in [6.07, 6.45) is 4.52. The topological polar surface area (TPSA) is 20.2 Å². The molecule has 0 unspecified atom stereocenters. The molecule has 1 heteroatoms. The minimum atomic E-state index is -0.368. The molecule has 0 spiro atoms. The fraction of sp³-hybridized carbons (Fsp3) is 1.00. The van der Waals surface area contributed by atoms with Crippen molar-refractivity contribution < 1.29 is 5.11 Å². The summed E-state index contributed by atoms with van der Waals surface area (Å²) >= 11 is 0. The number of hydrogen-bond donors (Lipinski definition) is 1. The van der Waals surface area contributed by atoms with E-state index in [9.17, 15) is 5.11 Å². The molecule has 2 atom stereocenters. The van der Waals surface area contributed by atoms with Crippen LogP contribution in [0.1, 0.15) is 46.5 Å². The molecule has 0 aromatic carbocycles. The molecule has 0 saturated heterocycles. The summed E-state index contributed by atoms with van der Waals surface area (Å²) in [6, 6.07) is 0. The number of rotatable bonds is 1. The summed E-state index contributed by atoms with van der Waals surface area (Å²) in [4.78, 5) is 0. The Bertz CT molecular complexity index is 127. The number of hydrogen-bond acceptors (Lipinski definition) is 1. The van der Waals surface area contributed by atoms with Gasteiger partial charge in [-0.1, -0.05) is 20.3 Å². The molecule has 0 heterocycles. The summed E-state index contributed by atoms with van der Waals surface area (Å²) in [5, 5.41) is 9.79. The maximum atomic E-state index is 9.79. The van der Waals surface area contributed by atoms with Crippen LogP contribution in [-0.4, -0.2) is 10.7 Å². The summed E-state index contributed by atoms with van der Waals surface area (Å²) in [7, 11) is 0. The van der Waals surface area contributed by atoms with Crippen molar-refractivity contribution in [2.75, 3.05) is 0 Å². The van der Waals surface area contributed by atoms with E-state index in [1.54, 1.807) is 0 Å². The zero-order valence-electron chi connectivity index (χ0n) is 7.93.